The van der Waals surface area contributed by atoms with E-state index >= 15 is 0 Å². The van der Waals surface area contributed by atoms with Crippen LogP contribution in [0.3, 0.4) is 0 Å². The van der Waals surface area contributed by atoms with E-state index in [1.165, 1.54) is 81.7 Å². The van der Waals surface area contributed by atoms with Crippen LogP contribution in [0.2, 0.25) is 0 Å². The van der Waals surface area contributed by atoms with Gasteiger partial charge in [0.2, 0.25) is 0 Å². The van der Waals surface area contributed by atoms with E-state index in [1.807, 2.05) is 0 Å². The van der Waals surface area contributed by atoms with Gasteiger partial charge in [0.05, 0.1) is 0 Å². The Bertz CT molecular complexity index is 395. The number of hydrogen-bond acceptors (Lipinski definition) is 1. The zero-order valence-electron chi connectivity index (χ0n) is 16.5. The molecule has 1 aromatic heterocycles. The molecule has 0 bridgehead atoms. The molecule has 0 N–H and O–H groups in total. The molecule has 136 valence electrons. The molecule has 1 rings (SSSR count). The Kier molecular flexibility index (Phi) is 8.83. The first-order valence-electron chi connectivity index (χ1n) is 10.1. The van der Waals surface area contributed by atoms with Crippen molar-refractivity contribution < 1.29 is 0 Å². The van der Waals surface area contributed by atoms with Crippen LogP contribution in [0.15, 0.2) is 12.5 Å². The van der Waals surface area contributed by atoms with Gasteiger partial charge in [0, 0.05) is 0 Å². The molecule has 0 saturated heterocycles. The molecule has 0 atom stereocenters. The number of aryl methyl sites for hydroxylation is 1. The van der Waals surface area contributed by atoms with Crippen molar-refractivity contribution in [3.63, 3.8) is 0 Å². The van der Waals surface area contributed by atoms with Gasteiger partial charge in [-0.2, -0.15) is 0 Å². The third-order valence-electron chi connectivity index (χ3n) is 5.70. The van der Waals surface area contributed by atoms with Gasteiger partial charge in [-0.25, -0.2) is 0 Å². The maximum absolute atomic E-state index is 4.66. The van der Waals surface area contributed by atoms with Crippen LogP contribution in [0.25, 0.3) is 0 Å². The van der Waals surface area contributed by atoms with Crippen molar-refractivity contribution in [2.45, 2.75) is 86.0 Å². The summed E-state index contributed by atoms with van der Waals surface area (Å²) in [5.74, 6) is 0. The molecule has 1 aromatic rings. The SMILES string of the molecule is CCCCP(CCCC)(CCCC)(CCCC)n1cnc(C)c1. The Morgan fingerprint density at radius 2 is 1.17 bits per heavy atom. The van der Waals surface area contributed by atoms with Crippen molar-refractivity contribution in [3.8, 4) is 0 Å². The van der Waals surface area contributed by atoms with E-state index in [0.717, 1.165) is 0 Å². The third-order valence-corrected chi connectivity index (χ3v) is 13.1. The summed E-state index contributed by atoms with van der Waals surface area (Å²) < 4.78 is 2.69. The molecule has 23 heavy (non-hydrogen) atoms. The monoisotopic (exact) mass is 340 g/mol. The van der Waals surface area contributed by atoms with Crippen LogP contribution in [0, 0.1) is 6.92 Å². The van der Waals surface area contributed by atoms with Crippen molar-refractivity contribution in [2.75, 3.05) is 24.6 Å². The summed E-state index contributed by atoms with van der Waals surface area (Å²) in [6.45, 7) is 9.63. The minimum atomic E-state index is -1.93. The molecular weight excluding hydrogens is 299 g/mol. The number of hydrogen-bond donors (Lipinski definition) is 0. The number of rotatable bonds is 13. The standard InChI is InChI=1S/C20H41N2P/c1-6-10-14-23(15-11-7-2,16-12-8-3,17-13-9-4)22-18-20(5)21-19-22/h18-19H,6-17H2,1-5H3. The first-order chi connectivity index (χ1) is 11.1. The normalized spacial score (nSPS) is 13.9. The number of aromatic nitrogens is 2. The Labute approximate surface area is 145 Å². The molecule has 3 heteroatoms. The van der Waals surface area contributed by atoms with E-state index in [1.54, 1.807) is 0 Å². The predicted molar refractivity (Wildman–Crippen MR) is 108 cm³/mol. The summed E-state index contributed by atoms with van der Waals surface area (Å²) in [5, 5.41) is 0. The molecule has 0 unspecified atom stereocenters. The molecule has 0 aliphatic carbocycles. The van der Waals surface area contributed by atoms with Crippen LogP contribution in [0.4, 0.5) is 0 Å². The molecule has 0 aliphatic rings. The van der Waals surface area contributed by atoms with Gasteiger partial charge in [-0.15, -0.1) is 0 Å². The summed E-state index contributed by atoms with van der Waals surface area (Å²) in [6.07, 6.45) is 21.1. The topological polar surface area (TPSA) is 17.8 Å². The van der Waals surface area contributed by atoms with Gasteiger partial charge in [-0.05, 0) is 0 Å². The summed E-state index contributed by atoms with van der Waals surface area (Å²) >= 11 is 0. The first kappa shape index (κ1) is 20.7. The second-order valence-corrected chi connectivity index (χ2v) is 13.7. The van der Waals surface area contributed by atoms with E-state index in [9.17, 15) is 0 Å². The van der Waals surface area contributed by atoms with Gasteiger partial charge in [0.25, 0.3) is 0 Å². The molecule has 0 amide bonds. The molecule has 2 nitrogen and oxygen atoms in total. The number of imidazole rings is 1. The number of nitrogens with zero attached hydrogens (tertiary/aromatic N) is 2. The summed E-state index contributed by atoms with van der Waals surface area (Å²) in [4.78, 5) is 4.66. The van der Waals surface area contributed by atoms with Gasteiger partial charge >= 0.3 is 145 Å². The van der Waals surface area contributed by atoms with Gasteiger partial charge < -0.3 is 0 Å². The summed E-state index contributed by atoms with van der Waals surface area (Å²) in [5.41, 5.74) is 1.19. The fourth-order valence-electron chi connectivity index (χ4n) is 4.11. The van der Waals surface area contributed by atoms with Crippen LogP contribution < -0.4 is 0 Å². The average molecular weight is 341 g/mol. The molecule has 0 fully saturated rings. The quantitative estimate of drug-likeness (QED) is 0.365. The van der Waals surface area contributed by atoms with Gasteiger partial charge in [0.1, 0.15) is 0 Å². The van der Waals surface area contributed by atoms with Crippen LogP contribution in [-0.4, -0.2) is 34.0 Å². The van der Waals surface area contributed by atoms with Crippen molar-refractivity contribution >= 4 is 6.75 Å². The Morgan fingerprint density at radius 1 is 0.783 bits per heavy atom. The van der Waals surface area contributed by atoms with Gasteiger partial charge in [0.15, 0.2) is 0 Å². The van der Waals surface area contributed by atoms with E-state index in [2.05, 4.69) is 56.5 Å². The van der Waals surface area contributed by atoms with Gasteiger partial charge in [-0.1, -0.05) is 0 Å². The van der Waals surface area contributed by atoms with Crippen molar-refractivity contribution in [1.29, 1.82) is 0 Å². The second kappa shape index (κ2) is 9.82. The van der Waals surface area contributed by atoms with E-state index < -0.39 is 6.75 Å². The maximum atomic E-state index is 4.66. The molecular formula is C20H41N2P. The van der Waals surface area contributed by atoms with Crippen molar-refractivity contribution in [2.24, 2.45) is 0 Å². The summed E-state index contributed by atoms with van der Waals surface area (Å²) in [6, 6.07) is 0. The second-order valence-electron chi connectivity index (χ2n) is 7.61. The van der Waals surface area contributed by atoms with Gasteiger partial charge in [-0.3, -0.25) is 0 Å². The zero-order chi connectivity index (χ0) is 17.2. The Hall–Kier alpha value is -0.360. The van der Waals surface area contributed by atoms with Crippen molar-refractivity contribution in [1.82, 2.24) is 9.32 Å². The number of unbranched alkanes of at least 4 members (excludes halogenated alkanes) is 4. The van der Waals surface area contributed by atoms with Crippen LogP contribution in [0.5, 0.6) is 0 Å². The molecule has 0 aliphatic heterocycles. The van der Waals surface area contributed by atoms with Crippen LogP contribution in [0.1, 0.15) is 84.8 Å². The molecule has 0 radical (unpaired) electrons. The van der Waals surface area contributed by atoms with E-state index in [0.29, 0.717) is 0 Å². The molecule has 1 heterocycles. The average Bonchev–Trinajstić information content (AvgIpc) is 3.02. The van der Waals surface area contributed by atoms with Crippen LogP contribution >= 0.6 is 6.75 Å². The minimum absolute atomic E-state index is 1.19. The molecule has 0 saturated carbocycles. The fraction of sp³-hybridized carbons (Fsp3) is 0.850. The third kappa shape index (κ3) is 5.05. The summed E-state index contributed by atoms with van der Waals surface area (Å²) in [7, 11) is 0. The Morgan fingerprint density at radius 3 is 1.43 bits per heavy atom. The van der Waals surface area contributed by atoms with Crippen LogP contribution in [-0.2, 0) is 0 Å². The Balaban J connectivity index is 3.37. The van der Waals surface area contributed by atoms with E-state index in [-0.39, 0.29) is 0 Å². The molecule has 0 spiro atoms. The first-order valence-corrected chi connectivity index (χ1v) is 13.0. The predicted octanol–water partition coefficient (Wildman–Crippen LogP) is 6.71. The zero-order valence-corrected chi connectivity index (χ0v) is 17.4. The van der Waals surface area contributed by atoms with Crippen molar-refractivity contribution in [3.05, 3.63) is 18.2 Å². The molecule has 0 aromatic carbocycles. The fourth-order valence-corrected chi connectivity index (χ4v) is 11.7. The van der Waals surface area contributed by atoms with E-state index in [4.69, 9.17) is 0 Å².